The Morgan fingerprint density at radius 2 is 1.35 bits per heavy atom. The number of rotatable bonds is 1. The van der Waals surface area contributed by atoms with Crippen LogP contribution in [-0.4, -0.2) is 9.55 Å². The van der Waals surface area contributed by atoms with Gasteiger partial charge in [-0.3, -0.25) is 0 Å². The number of H-pyrrole nitrogens is 1. The molecule has 3 heteroatoms. The quantitative estimate of drug-likeness (QED) is 0.274. The van der Waals surface area contributed by atoms with Crippen LogP contribution < -0.4 is 0 Å². The van der Waals surface area contributed by atoms with Crippen molar-refractivity contribution in [2.45, 2.75) is 6.92 Å². The van der Waals surface area contributed by atoms with Gasteiger partial charge in [0.15, 0.2) is 0 Å². The average Bonchev–Trinajstić information content (AvgIpc) is 3.52. The van der Waals surface area contributed by atoms with Gasteiger partial charge in [-0.05, 0) is 61.0 Å². The molecule has 34 heavy (non-hydrogen) atoms. The number of hydrogen-bond acceptors (Lipinski definition) is 1. The first-order valence-electron chi connectivity index (χ1n) is 11.6. The molecule has 0 bridgehead atoms. The summed E-state index contributed by atoms with van der Waals surface area (Å²) in [5.41, 5.74) is 8.90. The zero-order valence-corrected chi connectivity index (χ0v) is 18.6. The molecule has 160 valence electrons. The van der Waals surface area contributed by atoms with E-state index in [2.05, 4.69) is 114 Å². The normalized spacial score (nSPS) is 12.3. The third-order valence-electron chi connectivity index (χ3n) is 7.17. The van der Waals surface area contributed by atoms with E-state index in [4.69, 9.17) is 4.42 Å². The smallest absolute Gasteiger partial charge is 0.145 e. The van der Waals surface area contributed by atoms with E-state index in [1.54, 1.807) is 0 Å². The molecule has 0 aliphatic rings. The fourth-order valence-corrected chi connectivity index (χ4v) is 5.72. The molecular weight excluding hydrogens is 416 g/mol. The van der Waals surface area contributed by atoms with Crippen LogP contribution in [0.5, 0.6) is 0 Å². The van der Waals surface area contributed by atoms with Crippen molar-refractivity contribution >= 4 is 65.6 Å². The lowest BCUT2D eigenvalue weighted by Crippen LogP contribution is -1.93. The molecule has 0 amide bonds. The molecule has 5 aromatic carbocycles. The number of aryl methyl sites for hydroxylation is 1. The zero-order valence-electron chi connectivity index (χ0n) is 18.6. The second kappa shape index (κ2) is 6.30. The van der Waals surface area contributed by atoms with Crippen LogP contribution in [0.15, 0.2) is 101 Å². The van der Waals surface area contributed by atoms with Crippen LogP contribution in [0.4, 0.5) is 0 Å². The Labute approximate surface area is 194 Å². The van der Waals surface area contributed by atoms with Crippen LogP contribution in [0.25, 0.3) is 71.2 Å². The summed E-state index contributed by atoms with van der Waals surface area (Å²) in [4.78, 5) is 3.55. The summed E-state index contributed by atoms with van der Waals surface area (Å²) in [5.74, 6) is 0. The molecule has 0 aliphatic heterocycles. The number of nitrogens with one attached hydrogen (secondary N) is 1. The van der Waals surface area contributed by atoms with Gasteiger partial charge < -0.3 is 14.0 Å². The lowest BCUT2D eigenvalue weighted by atomic mass is 10.1. The number of benzene rings is 5. The first-order chi connectivity index (χ1) is 16.8. The van der Waals surface area contributed by atoms with Gasteiger partial charge >= 0.3 is 0 Å². The summed E-state index contributed by atoms with van der Waals surface area (Å²) in [7, 11) is 0. The molecule has 3 aromatic heterocycles. The van der Waals surface area contributed by atoms with Gasteiger partial charge in [0.05, 0.1) is 27.3 Å². The lowest BCUT2D eigenvalue weighted by Gasteiger charge is -2.08. The van der Waals surface area contributed by atoms with Crippen molar-refractivity contribution in [3.8, 4) is 5.69 Å². The standard InChI is InChI=1S/C31H20N2O/c1-18-7-6-8-19(17-18)33-26-12-5-3-10-23(26)29-27(33)16-14-21-20-13-15-25-28(30(20)34-31(21)29)22-9-2-4-11-24(22)32-25/h2-17,32H,1H3. The van der Waals surface area contributed by atoms with Gasteiger partial charge in [0.1, 0.15) is 11.2 Å². The van der Waals surface area contributed by atoms with Crippen molar-refractivity contribution in [2.75, 3.05) is 0 Å². The predicted octanol–water partition coefficient (Wildman–Crippen LogP) is 8.63. The SMILES string of the molecule is Cc1cccc(-n2c3ccccc3c3c4oc5c(ccc6[nH]c7ccccc7c65)c4ccc32)c1. The number of aromatic amines is 1. The molecule has 0 unspecified atom stereocenters. The predicted molar refractivity (Wildman–Crippen MR) is 142 cm³/mol. The summed E-state index contributed by atoms with van der Waals surface area (Å²) in [6, 6.07) is 34.6. The van der Waals surface area contributed by atoms with Crippen LogP contribution in [0.1, 0.15) is 5.56 Å². The molecule has 0 saturated carbocycles. The number of hydrogen-bond donors (Lipinski definition) is 1. The molecule has 3 heterocycles. The number of aromatic nitrogens is 2. The maximum atomic E-state index is 6.79. The van der Waals surface area contributed by atoms with Gasteiger partial charge in [0.2, 0.25) is 0 Å². The van der Waals surface area contributed by atoms with Crippen LogP contribution in [0.3, 0.4) is 0 Å². The minimum absolute atomic E-state index is 0.949. The lowest BCUT2D eigenvalue weighted by molar-refractivity contribution is 0.677. The van der Waals surface area contributed by atoms with E-state index in [1.165, 1.54) is 32.9 Å². The van der Waals surface area contributed by atoms with Gasteiger partial charge in [-0.1, -0.05) is 48.5 Å². The summed E-state index contributed by atoms with van der Waals surface area (Å²) < 4.78 is 9.15. The minimum atomic E-state index is 0.949. The third kappa shape index (κ3) is 2.21. The maximum absolute atomic E-state index is 6.79. The Balaban J connectivity index is 1.59. The molecule has 1 N–H and O–H groups in total. The van der Waals surface area contributed by atoms with E-state index in [1.807, 2.05) is 0 Å². The van der Waals surface area contributed by atoms with Crippen LogP contribution in [-0.2, 0) is 0 Å². The number of fused-ring (bicyclic) bond motifs is 11. The number of nitrogens with zero attached hydrogens (tertiary/aromatic N) is 1. The Hall–Kier alpha value is -4.50. The highest BCUT2D eigenvalue weighted by molar-refractivity contribution is 6.28. The van der Waals surface area contributed by atoms with Crippen molar-refractivity contribution in [1.82, 2.24) is 9.55 Å². The molecular formula is C31H20N2O. The molecule has 0 atom stereocenters. The molecule has 8 aromatic rings. The van der Waals surface area contributed by atoms with Gasteiger partial charge in [0.25, 0.3) is 0 Å². The maximum Gasteiger partial charge on any atom is 0.145 e. The molecule has 0 saturated heterocycles. The number of para-hydroxylation sites is 2. The highest BCUT2D eigenvalue weighted by atomic mass is 16.3. The highest BCUT2D eigenvalue weighted by Crippen LogP contribution is 2.43. The monoisotopic (exact) mass is 436 g/mol. The highest BCUT2D eigenvalue weighted by Gasteiger charge is 2.20. The van der Waals surface area contributed by atoms with Crippen molar-refractivity contribution < 1.29 is 4.42 Å². The number of furan rings is 1. The Morgan fingerprint density at radius 3 is 2.24 bits per heavy atom. The average molecular weight is 437 g/mol. The second-order valence-electron chi connectivity index (χ2n) is 9.17. The van der Waals surface area contributed by atoms with Gasteiger partial charge in [-0.2, -0.15) is 0 Å². The molecule has 0 fully saturated rings. The molecule has 0 radical (unpaired) electrons. The van der Waals surface area contributed by atoms with Crippen molar-refractivity contribution in [3.63, 3.8) is 0 Å². The topological polar surface area (TPSA) is 33.9 Å². The Kier molecular flexibility index (Phi) is 3.33. The summed E-state index contributed by atoms with van der Waals surface area (Å²) in [6.07, 6.45) is 0. The largest absolute Gasteiger partial charge is 0.455 e. The third-order valence-corrected chi connectivity index (χ3v) is 7.17. The summed E-state index contributed by atoms with van der Waals surface area (Å²) >= 11 is 0. The van der Waals surface area contributed by atoms with E-state index in [-0.39, 0.29) is 0 Å². The molecule has 0 aliphatic carbocycles. The molecule has 0 spiro atoms. The summed E-state index contributed by atoms with van der Waals surface area (Å²) in [6.45, 7) is 2.14. The van der Waals surface area contributed by atoms with Gasteiger partial charge in [-0.15, -0.1) is 0 Å². The second-order valence-corrected chi connectivity index (χ2v) is 9.17. The van der Waals surface area contributed by atoms with Crippen LogP contribution in [0.2, 0.25) is 0 Å². The first kappa shape index (κ1) is 18.0. The van der Waals surface area contributed by atoms with Gasteiger partial charge in [0, 0.05) is 32.7 Å². The minimum Gasteiger partial charge on any atom is -0.455 e. The summed E-state index contributed by atoms with van der Waals surface area (Å²) in [5, 5.41) is 7.03. The molecule has 8 rings (SSSR count). The fourth-order valence-electron chi connectivity index (χ4n) is 5.72. The molecule has 3 nitrogen and oxygen atoms in total. The van der Waals surface area contributed by atoms with E-state index in [0.29, 0.717) is 0 Å². The van der Waals surface area contributed by atoms with E-state index < -0.39 is 0 Å². The van der Waals surface area contributed by atoms with Crippen molar-refractivity contribution in [2.24, 2.45) is 0 Å². The van der Waals surface area contributed by atoms with Crippen LogP contribution >= 0.6 is 0 Å². The van der Waals surface area contributed by atoms with Crippen molar-refractivity contribution in [3.05, 3.63) is 103 Å². The van der Waals surface area contributed by atoms with E-state index in [9.17, 15) is 0 Å². The zero-order chi connectivity index (χ0) is 22.4. The van der Waals surface area contributed by atoms with E-state index >= 15 is 0 Å². The fraction of sp³-hybridized carbons (Fsp3) is 0.0323. The Morgan fingerprint density at radius 1 is 0.588 bits per heavy atom. The van der Waals surface area contributed by atoms with Gasteiger partial charge in [-0.25, -0.2) is 0 Å². The van der Waals surface area contributed by atoms with E-state index in [0.717, 1.165) is 43.9 Å². The Bertz CT molecular complexity index is 2080. The van der Waals surface area contributed by atoms with Crippen molar-refractivity contribution in [1.29, 1.82) is 0 Å². The van der Waals surface area contributed by atoms with Crippen LogP contribution in [0, 0.1) is 6.92 Å². The first-order valence-corrected chi connectivity index (χ1v) is 11.6.